The largest absolute Gasteiger partial charge is 1.00 e. The third kappa shape index (κ3) is 3.28. The van der Waals surface area contributed by atoms with Crippen LogP contribution in [0.2, 0.25) is 0 Å². The Kier molecular flexibility index (Phi) is 4.88. The number of nitro benzene ring substituents is 1. The molecule has 0 aliphatic heterocycles. The molecular weight excluding hydrogens is 189 g/mol. The quantitative estimate of drug-likeness (QED) is 0.260. The average molecular weight is 194 g/mol. The van der Waals surface area contributed by atoms with E-state index in [9.17, 15) is 14.3 Å². The van der Waals surface area contributed by atoms with Crippen LogP contribution in [-0.2, 0) is 11.1 Å². The zero-order chi connectivity index (χ0) is 9.14. The summed E-state index contributed by atoms with van der Waals surface area (Å²) >= 11 is -2.07. The third-order valence-corrected chi connectivity index (χ3v) is 1.92. The fraction of sp³-hybridized carbons (Fsp3) is 0. The predicted molar refractivity (Wildman–Crippen MR) is 42.1 cm³/mol. The van der Waals surface area contributed by atoms with E-state index in [2.05, 4.69) is 0 Å². The van der Waals surface area contributed by atoms with E-state index in [1.54, 1.807) is 0 Å². The van der Waals surface area contributed by atoms with Gasteiger partial charge in [0.2, 0.25) is 0 Å². The molecule has 5 nitrogen and oxygen atoms in total. The molecule has 1 aromatic rings. The van der Waals surface area contributed by atoms with Crippen molar-refractivity contribution in [3.05, 3.63) is 34.4 Å². The molecular formula is C6H5LiNO4S+. The van der Waals surface area contributed by atoms with Gasteiger partial charge in [-0.15, -0.1) is 0 Å². The van der Waals surface area contributed by atoms with Gasteiger partial charge in [-0.25, -0.2) is 4.21 Å². The monoisotopic (exact) mass is 194 g/mol. The Labute approximate surface area is 88.8 Å². The molecule has 0 aliphatic carbocycles. The summed E-state index contributed by atoms with van der Waals surface area (Å²) in [5.74, 6) is 0. The molecule has 13 heavy (non-hydrogen) atoms. The molecule has 0 saturated heterocycles. The predicted octanol–water partition coefficient (Wildman–Crippen LogP) is -1.82. The molecule has 1 rings (SSSR count). The number of non-ortho nitro benzene ring substituents is 1. The minimum absolute atomic E-state index is 0. The minimum Gasteiger partial charge on any atom is -0.302 e. The van der Waals surface area contributed by atoms with E-state index >= 15 is 0 Å². The molecule has 7 heteroatoms. The molecule has 1 N–H and O–H groups in total. The van der Waals surface area contributed by atoms with Gasteiger partial charge < -0.3 is 4.55 Å². The standard InChI is InChI=1S/C6H5NO4S.Li/c8-7(9)5-1-3-6(4-2-5)12(10)11;/h1-4H,(H,10,11);/q;+1. The molecule has 0 aliphatic rings. The molecule has 0 amide bonds. The second-order valence-electron chi connectivity index (χ2n) is 2.00. The van der Waals surface area contributed by atoms with Crippen LogP contribution in [0, 0.1) is 10.1 Å². The van der Waals surface area contributed by atoms with Crippen LogP contribution in [0.5, 0.6) is 0 Å². The molecule has 0 spiro atoms. The first kappa shape index (κ1) is 12.3. The summed E-state index contributed by atoms with van der Waals surface area (Å²) in [4.78, 5) is 9.74. The molecule has 0 saturated carbocycles. The molecule has 0 bridgehead atoms. The van der Waals surface area contributed by atoms with Crippen LogP contribution in [0.1, 0.15) is 0 Å². The van der Waals surface area contributed by atoms with Crippen molar-refractivity contribution in [3.8, 4) is 0 Å². The molecule has 1 atom stereocenters. The Morgan fingerprint density at radius 1 is 1.31 bits per heavy atom. The zero-order valence-electron chi connectivity index (χ0n) is 6.84. The maximum Gasteiger partial charge on any atom is 1.00 e. The first-order chi connectivity index (χ1) is 5.61. The van der Waals surface area contributed by atoms with Gasteiger partial charge in [0.05, 0.1) is 9.82 Å². The average Bonchev–Trinajstić information content (AvgIpc) is 2.04. The van der Waals surface area contributed by atoms with Gasteiger partial charge in [0.1, 0.15) is 0 Å². The van der Waals surface area contributed by atoms with Crippen molar-refractivity contribution in [3.63, 3.8) is 0 Å². The van der Waals surface area contributed by atoms with Gasteiger partial charge in [-0.2, -0.15) is 0 Å². The first-order valence-corrected chi connectivity index (χ1v) is 4.07. The summed E-state index contributed by atoms with van der Waals surface area (Å²) < 4.78 is 19.0. The maximum atomic E-state index is 10.4. The van der Waals surface area contributed by atoms with E-state index in [0.29, 0.717) is 0 Å². The Balaban J connectivity index is 0.00000144. The van der Waals surface area contributed by atoms with Crippen LogP contribution in [0.4, 0.5) is 5.69 Å². The van der Waals surface area contributed by atoms with Crippen LogP contribution in [-0.4, -0.2) is 13.7 Å². The molecule has 1 aromatic carbocycles. The minimum atomic E-state index is -2.07. The van der Waals surface area contributed by atoms with E-state index in [1.807, 2.05) is 0 Å². The number of hydrogen-bond acceptors (Lipinski definition) is 3. The summed E-state index contributed by atoms with van der Waals surface area (Å²) in [5, 5.41) is 10.1. The molecule has 0 aromatic heterocycles. The SMILES string of the molecule is O=[N+]([O-])c1ccc(S(=O)O)cc1.[Li+]. The number of benzene rings is 1. The van der Waals surface area contributed by atoms with Gasteiger partial charge in [-0.05, 0) is 12.1 Å². The van der Waals surface area contributed by atoms with E-state index in [0.717, 1.165) is 0 Å². The fourth-order valence-electron chi connectivity index (χ4n) is 0.684. The Morgan fingerprint density at radius 3 is 2.08 bits per heavy atom. The van der Waals surface area contributed by atoms with Crippen molar-refractivity contribution in [1.29, 1.82) is 0 Å². The summed E-state index contributed by atoms with van der Waals surface area (Å²) in [7, 11) is 0. The topological polar surface area (TPSA) is 80.4 Å². The number of hydrogen-bond donors (Lipinski definition) is 1. The molecule has 0 fully saturated rings. The third-order valence-electron chi connectivity index (χ3n) is 1.25. The number of nitro groups is 1. The Morgan fingerprint density at radius 2 is 1.77 bits per heavy atom. The molecule has 1 unspecified atom stereocenters. The summed E-state index contributed by atoms with van der Waals surface area (Å²) in [6.45, 7) is 0. The Bertz CT molecular complexity index is 293. The van der Waals surface area contributed by atoms with Gasteiger partial charge in [-0.1, -0.05) is 0 Å². The van der Waals surface area contributed by atoms with Crippen LogP contribution >= 0.6 is 0 Å². The van der Waals surface area contributed by atoms with Gasteiger partial charge in [0.25, 0.3) is 5.69 Å². The van der Waals surface area contributed by atoms with Gasteiger partial charge >= 0.3 is 18.9 Å². The van der Waals surface area contributed by atoms with Crippen molar-refractivity contribution in [1.82, 2.24) is 0 Å². The molecule has 64 valence electrons. The normalized spacial score (nSPS) is 11.5. The summed E-state index contributed by atoms with van der Waals surface area (Å²) in [6.07, 6.45) is 0. The van der Waals surface area contributed by atoms with Gasteiger partial charge in [0.15, 0.2) is 11.1 Å². The van der Waals surface area contributed by atoms with Gasteiger partial charge in [0, 0.05) is 12.1 Å². The van der Waals surface area contributed by atoms with Crippen molar-refractivity contribution < 1.29 is 32.5 Å². The summed E-state index contributed by atoms with van der Waals surface area (Å²) in [6, 6.07) is 4.86. The maximum absolute atomic E-state index is 10.4. The molecule has 0 heterocycles. The number of nitrogens with zero attached hydrogens (tertiary/aromatic N) is 1. The Hall–Kier alpha value is -0.673. The van der Waals surface area contributed by atoms with Gasteiger partial charge in [-0.3, -0.25) is 10.1 Å². The van der Waals surface area contributed by atoms with Crippen molar-refractivity contribution >= 4 is 16.8 Å². The van der Waals surface area contributed by atoms with Crippen LogP contribution < -0.4 is 18.9 Å². The van der Waals surface area contributed by atoms with E-state index in [4.69, 9.17) is 4.55 Å². The van der Waals surface area contributed by atoms with Crippen LogP contribution in [0.3, 0.4) is 0 Å². The van der Waals surface area contributed by atoms with E-state index in [1.165, 1.54) is 24.3 Å². The van der Waals surface area contributed by atoms with E-state index < -0.39 is 16.0 Å². The first-order valence-electron chi connectivity index (χ1n) is 2.96. The van der Waals surface area contributed by atoms with Crippen molar-refractivity contribution in [2.45, 2.75) is 4.90 Å². The fourth-order valence-corrected chi connectivity index (χ4v) is 1.05. The second kappa shape index (κ2) is 5.14. The second-order valence-corrected chi connectivity index (χ2v) is 2.97. The smallest absolute Gasteiger partial charge is 0.302 e. The van der Waals surface area contributed by atoms with Crippen LogP contribution in [0.25, 0.3) is 0 Å². The molecule has 0 radical (unpaired) electrons. The van der Waals surface area contributed by atoms with Crippen molar-refractivity contribution in [2.24, 2.45) is 0 Å². The summed E-state index contributed by atoms with van der Waals surface area (Å²) in [5.41, 5.74) is -0.0933. The van der Waals surface area contributed by atoms with E-state index in [-0.39, 0.29) is 29.4 Å². The zero-order valence-corrected chi connectivity index (χ0v) is 7.65. The van der Waals surface area contributed by atoms with Crippen molar-refractivity contribution in [2.75, 3.05) is 0 Å². The number of rotatable bonds is 2. The van der Waals surface area contributed by atoms with Crippen LogP contribution in [0.15, 0.2) is 29.2 Å².